The Bertz CT molecular complexity index is 458. The van der Waals surface area contributed by atoms with Crippen LogP contribution in [-0.4, -0.2) is 60.5 Å². The van der Waals surface area contributed by atoms with Gasteiger partial charge in [-0.15, -0.1) is 0 Å². The third-order valence-electron chi connectivity index (χ3n) is 3.57. The van der Waals surface area contributed by atoms with Crippen LogP contribution in [0.4, 0.5) is 5.69 Å². The summed E-state index contributed by atoms with van der Waals surface area (Å²) in [5, 5.41) is 4.13. The van der Waals surface area contributed by atoms with E-state index in [1.807, 2.05) is 0 Å². The fourth-order valence-corrected chi connectivity index (χ4v) is 2.43. The molecule has 1 aliphatic rings. The van der Waals surface area contributed by atoms with Crippen molar-refractivity contribution < 1.29 is 4.79 Å². The number of nitrogens with one attached hydrogen (secondary N) is 1. The number of hydrogen-bond donors (Lipinski definition) is 1. The minimum atomic E-state index is 0.159. The number of pyridine rings is 1. The average molecular weight is 297 g/mol. The van der Waals surface area contributed by atoms with Crippen molar-refractivity contribution in [3.05, 3.63) is 23.5 Å². The summed E-state index contributed by atoms with van der Waals surface area (Å²) in [6.45, 7) is 2.36. The Labute approximate surface area is 124 Å². The van der Waals surface area contributed by atoms with Gasteiger partial charge in [0.1, 0.15) is 0 Å². The van der Waals surface area contributed by atoms with E-state index in [4.69, 9.17) is 11.6 Å². The Morgan fingerprint density at radius 2 is 2.20 bits per heavy atom. The van der Waals surface area contributed by atoms with E-state index >= 15 is 0 Å². The lowest BCUT2D eigenvalue weighted by Gasteiger charge is -2.33. The molecule has 5 nitrogen and oxygen atoms in total. The van der Waals surface area contributed by atoms with Gasteiger partial charge in [-0.05, 0) is 18.9 Å². The molecule has 0 aliphatic carbocycles. The molecule has 0 aromatic carbocycles. The number of carbonyl (C=O) groups excluding carboxylic acids is 1. The zero-order valence-corrected chi connectivity index (χ0v) is 12.7. The first kappa shape index (κ1) is 15.1. The number of likely N-dealkylation sites (N-methyl/N-ethyl adjacent to an activating group) is 1. The van der Waals surface area contributed by atoms with Crippen LogP contribution in [0.5, 0.6) is 0 Å². The summed E-state index contributed by atoms with van der Waals surface area (Å²) in [5.41, 5.74) is 0.886. The summed E-state index contributed by atoms with van der Waals surface area (Å²) in [6, 6.07) is 2.18. The number of carbonyl (C=O) groups is 1. The first-order chi connectivity index (χ1) is 9.56. The van der Waals surface area contributed by atoms with Crippen molar-refractivity contribution in [3.63, 3.8) is 0 Å². The van der Waals surface area contributed by atoms with Gasteiger partial charge in [0.2, 0.25) is 5.91 Å². The highest BCUT2D eigenvalue weighted by atomic mass is 35.5. The topological polar surface area (TPSA) is 48.5 Å². The lowest BCUT2D eigenvalue weighted by molar-refractivity contribution is -0.130. The molecular weight excluding hydrogens is 276 g/mol. The summed E-state index contributed by atoms with van der Waals surface area (Å²) in [5.74, 6) is 0.159. The van der Waals surface area contributed by atoms with Gasteiger partial charge < -0.3 is 10.2 Å². The molecule has 0 radical (unpaired) electrons. The number of hydrogen-bond acceptors (Lipinski definition) is 4. The van der Waals surface area contributed by atoms with Crippen LogP contribution in [0.1, 0.15) is 12.8 Å². The number of halogens is 1. The Kier molecular flexibility index (Phi) is 5.20. The van der Waals surface area contributed by atoms with Crippen LogP contribution in [0, 0.1) is 0 Å². The zero-order chi connectivity index (χ0) is 14.5. The Hall–Kier alpha value is -1.33. The van der Waals surface area contributed by atoms with E-state index in [2.05, 4.69) is 15.2 Å². The molecular formula is C14H21ClN4O. The van der Waals surface area contributed by atoms with E-state index in [1.165, 1.54) is 0 Å². The van der Waals surface area contributed by atoms with Crippen molar-refractivity contribution in [1.82, 2.24) is 14.8 Å². The molecule has 20 heavy (non-hydrogen) atoms. The zero-order valence-electron chi connectivity index (χ0n) is 12.0. The van der Waals surface area contributed by atoms with Gasteiger partial charge in [0.15, 0.2) is 0 Å². The van der Waals surface area contributed by atoms with Crippen LogP contribution in [-0.2, 0) is 4.79 Å². The minimum Gasteiger partial charge on any atom is -0.380 e. The number of anilines is 1. The standard InChI is InChI=1S/C14H21ClN4O/c1-18(2)14(20)10-19-7-4-11(5-8-19)17-13-9-16-6-3-12(13)15/h3,6,9,11,17H,4-5,7-8,10H2,1-2H3. The second-order valence-electron chi connectivity index (χ2n) is 5.34. The van der Waals surface area contributed by atoms with E-state index < -0.39 is 0 Å². The van der Waals surface area contributed by atoms with Gasteiger partial charge in [-0.25, -0.2) is 0 Å². The van der Waals surface area contributed by atoms with Crippen molar-refractivity contribution in [2.45, 2.75) is 18.9 Å². The quantitative estimate of drug-likeness (QED) is 0.919. The van der Waals surface area contributed by atoms with Crippen LogP contribution in [0.3, 0.4) is 0 Å². The number of nitrogens with zero attached hydrogens (tertiary/aromatic N) is 3. The van der Waals surface area contributed by atoms with Crippen molar-refractivity contribution >= 4 is 23.2 Å². The summed E-state index contributed by atoms with van der Waals surface area (Å²) in [6.07, 6.45) is 5.45. The second kappa shape index (κ2) is 6.90. The molecule has 1 N–H and O–H groups in total. The maximum absolute atomic E-state index is 11.7. The maximum Gasteiger partial charge on any atom is 0.236 e. The largest absolute Gasteiger partial charge is 0.380 e. The van der Waals surface area contributed by atoms with E-state index in [0.717, 1.165) is 31.6 Å². The van der Waals surface area contributed by atoms with Gasteiger partial charge in [0.05, 0.1) is 23.5 Å². The number of likely N-dealkylation sites (tertiary alicyclic amines) is 1. The summed E-state index contributed by atoms with van der Waals surface area (Å²) in [7, 11) is 3.59. The Balaban J connectivity index is 1.80. The van der Waals surface area contributed by atoms with Crippen molar-refractivity contribution in [3.8, 4) is 0 Å². The number of rotatable bonds is 4. The van der Waals surface area contributed by atoms with Crippen LogP contribution in [0.25, 0.3) is 0 Å². The molecule has 0 spiro atoms. The lowest BCUT2D eigenvalue weighted by atomic mass is 10.0. The molecule has 6 heteroatoms. The number of piperidine rings is 1. The predicted octanol–water partition coefficient (Wildman–Crippen LogP) is 1.70. The third-order valence-corrected chi connectivity index (χ3v) is 3.90. The normalized spacial score (nSPS) is 16.9. The smallest absolute Gasteiger partial charge is 0.236 e. The average Bonchev–Trinajstić information content (AvgIpc) is 2.43. The van der Waals surface area contributed by atoms with E-state index in [1.54, 1.807) is 37.5 Å². The molecule has 110 valence electrons. The van der Waals surface area contributed by atoms with Crippen LogP contribution < -0.4 is 5.32 Å². The number of amides is 1. The highest BCUT2D eigenvalue weighted by Crippen LogP contribution is 2.22. The van der Waals surface area contributed by atoms with Crippen molar-refractivity contribution in [2.75, 3.05) is 39.0 Å². The molecule has 2 heterocycles. The molecule has 0 unspecified atom stereocenters. The van der Waals surface area contributed by atoms with Crippen LogP contribution >= 0.6 is 11.6 Å². The van der Waals surface area contributed by atoms with E-state index in [9.17, 15) is 4.79 Å². The maximum atomic E-state index is 11.7. The van der Waals surface area contributed by atoms with Gasteiger partial charge in [-0.1, -0.05) is 11.6 Å². The first-order valence-electron chi connectivity index (χ1n) is 6.85. The molecule has 0 bridgehead atoms. The fourth-order valence-electron chi connectivity index (χ4n) is 2.27. The molecule has 2 rings (SSSR count). The molecule has 1 saturated heterocycles. The van der Waals surface area contributed by atoms with E-state index in [-0.39, 0.29) is 5.91 Å². The first-order valence-corrected chi connectivity index (χ1v) is 7.22. The van der Waals surface area contributed by atoms with E-state index in [0.29, 0.717) is 17.6 Å². The molecule has 0 saturated carbocycles. The Morgan fingerprint density at radius 3 is 2.80 bits per heavy atom. The highest BCUT2D eigenvalue weighted by Gasteiger charge is 2.21. The SMILES string of the molecule is CN(C)C(=O)CN1CCC(Nc2cnccc2Cl)CC1. The Morgan fingerprint density at radius 1 is 1.50 bits per heavy atom. The van der Waals surface area contributed by atoms with Crippen molar-refractivity contribution in [2.24, 2.45) is 0 Å². The molecule has 1 fully saturated rings. The van der Waals surface area contributed by atoms with Crippen LogP contribution in [0.2, 0.25) is 5.02 Å². The van der Waals surface area contributed by atoms with Crippen molar-refractivity contribution in [1.29, 1.82) is 0 Å². The van der Waals surface area contributed by atoms with Crippen LogP contribution in [0.15, 0.2) is 18.5 Å². The molecule has 1 aliphatic heterocycles. The summed E-state index contributed by atoms with van der Waals surface area (Å²) in [4.78, 5) is 19.6. The highest BCUT2D eigenvalue weighted by molar-refractivity contribution is 6.33. The third kappa shape index (κ3) is 4.08. The monoisotopic (exact) mass is 296 g/mol. The molecule has 1 aromatic rings. The lowest BCUT2D eigenvalue weighted by Crippen LogP contribution is -2.43. The second-order valence-corrected chi connectivity index (χ2v) is 5.75. The fraction of sp³-hybridized carbons (Fsp3) is 0.571. The van der Waals surface area contributed by atoms with Gasteiger partial charge in [-0.3, -0.25) is 14.7 Å². The molecule has 0 atom stereocenters. The van der Waals surface area contributed by atoms with Gasteiger partial charge in [0, 0.05) is 39.4 Å². The minimum absolute atomic E-state index is 0.159. The predicted molar refractivity (Wildman–Crippen MR) is 81.0 cm³/mol. The summed E-state index contributed by atoms with van der Waals surface area (Å²) < 4.78 is 0. The number of aromatic nitrogens is 1. The summed E-state index contributed by atoms with van der Waals surface area (Å²) >= 11 is 6.11. The molecule has 1 amide bonds. The van der Waals surface area contributed by atoms with Gasteiger partial charge in [-0.2, -0.15) is 0 Å². The van der Waals surface area contributed by atoms with Gasteiger partial charge in [0.25, 0.3) is 0 Å². The molecule has 1 aromatic heterocycles. The van der Waals surface area contributed by atoms with Gasteiger partial charge >= 0.3 is 0 Å².